The number of terminal acetylenes is 1. The average molecular weight is 586 g/mol. The maximum Gasteiger partial charge on any atom is 0.271 e. The summed E-state index contributed by atoms with van der Waals surface area (Å²) in [6, 6.07) is 16.6. The number of halogens is 3. The standard InChI is InChI=1S/C27H19BrCl2N2O2S/c1-4-11-34-24-10-7-18(12-21(24)28)13-25-26(33)32(20-9-6-17(3)23(30)15-20)27(35-25)31-19-8-5-16(2)22(29)14-19/h1,5-10,12-15H,11H2,2-3H3/b25-13+,31-27?. The number of rotatable bonds is 5. The number of carbonyl (C=O) groups is 1. The Morgan fingerprint density at radius 3 is 2.46 bits per heavy atom. The van der Waals surface area contributed by atoms with Crippen molar-refractivity contribution in [3.8, 4) is 18.1 Å². The molecule has 1 aliphatic heterocycles. The molecule has 0 N–H and O–H groups in total. The summed E-state index contributed by atoms with van der Waals surface area (Å²) in [7, 11) is 0. The molecule has 1 saturated heterocycles. The third kappa shape index (κ3) is 5.76. The minimum atomic E-state index is -0.198. The van der Waals surface area contributed by atoms with Crippen LogP contribution in [0.5, 0.6) is 5.75 Å². The highest BCUT2D eigenvalue weighted by molar-refractivity contribution is 9.10. The topological polar surface area (TPSA) is 41.9 Å². The van der Waals surface area contributed by atoms with Crippen LogP contribution in [0.3, 0.4) is 0 Å². The van der Waals surface area contributed by atoms with Gasteiger partial charge in [0.25, 0.3) is 5.91 Å². The molecule has 1 fully saturated rings. The number of nitrogens with zero attached hydrogens (tertiary/aromatic N) is 2. The largest absolute Gasteiger partial charge is 0.480 e. The van der Waals surface area contributed by atoms with E-state index in [9.17, 15) is 4.79 Å². The maximum atomic E-state index is 13.5. The van der Waals surface area contributed by atoms with Crippen molar-refractivity contribution in [2.45, 2.75) is 13.8 Å². The summed E-state index contributed by atoms with van der Waals surface area (Å²) in [4.78, 5) is 20.4. The van der Waals surface area contributed by atoms with E-state index in [2.05, 4.69) is 21.9 Å². The lowest BCUT2D eigenvalue weighted by atomic mass is 10.2. The van der Waals surface area contributed by atoms with Crippen molar-refractivity contribution in [2.24, 2.45) is 4.99 Å². The number of ether oxygens (including phenoxy) is 1. The van der Waals surface area contributed by atoms with Crippen LogP contribution in [0.15, 0.2) is 69.0 Å². The molecule has 1 heterocycles. The van der Waals surface area contributed by atoms with Gasteiger partial charge in [0.1, 0.15) is 12.4 Å². The molecule has 0 bridgehead atoms. The number of carbonyl (C=O) groups excluding carboxylic acids is 1. The third-order valence-corrected chi connectivity index (χ3v) is 7.57. The van der Waals surface area contributed by atoms with E-state index in [1.807, 2.05) is 56.3 Å². The van der Waals surface area contributed by atoms with E-state index in [0.29, 0.717) is 37.2 Å². The van der Waals surface area contributed by atoms with E-state index >= 15 is 0 Å². The molecule has 0 radical (unpaired) electrons. The smallest absolute Gasteiger partial charge is 0.271 e. The Bertz CT molecular complexity index is 1430. The molecule has 0 atom stereocenters. The Morgan fingerprint density at radius 1 is 1.09 bits per heavy atom. The number of aryl methyl sites for hydroxylation is 2. The second-order valence-corrected chi connectivity index (χ2v) is 10.4. The van der Waals surface area contributed by atoms with Gasteiger partial charge in [0, 0.05) is 10.0 Å². The molecule has 1 aliphatic rings. The number of hydrogen-bond acceptors (Lipinski definition) is 4. The first-order chi connectivity index (χ1) is 16.8. The number of hydrogen-bond donors (Lipinski definition) is 0. The number of amidine groups is 1. The fourth-order valence-corrected chi connectivity index (χ4v) is 5.12. The fourth-order valence-electron chi connectivity index (χ4n) is 3.25. The van der Waals surface area contributed by atoms with E-state index in [1.165, 1.54) is 11.8 Å². The van der Waals surface area contributed by atoms with Crippen LogP contribution in [0.2, 0.25) is 10.0 Å². The highest BCUT2D eigenvalue weighted by Crippen LogP contribution is 2.39. The first kappa shape index (κ1) is 25.4. The lowest BCUT2D eigenvalue weighted by Gasteiger charge is -2.16. The zero-order valence-corrected chi connectivity index (χ0v) is 22.7. The molecular formula is C27H19BrCl2N2O2S. The Kier molecular flexibility index (Phi) is 7.93. The van der Waals surface area contributed by atoms with Crippen LogP contribution in [-0.4, -0.2) is 17.7 Å². The van der Waals surface area contributed by atoms with Gasteiger partial charge in [-0.2, -0.15) is 0 Å². The fraction of sp³-hybridized carbons (Fsp3) is 0.111. The zero-order valence-electron chi connectivity index (χ0n) is 18.8. The molecule has 4 nitrogen and oxygen atoms in total. The van der Waals surface area contributed by atoms with Crippen molar-refractivity contribution in [3.05, 3.63) is 90.7 Å². The monoisotopic (exact) mass is 584 g/mol. The van der Waals surface area contributed by atoms with Crippen LogP contribution in [-0.2, 0) is 4.79 Å². The molecule has 8 heteroatoms. The van der Waals surface area contributed by atoms with Gasteiger partial charge in [-0.05, 0) is 101 Å². The van der Waals surface area contributed by atoms with Crippen LogP contribution in [0, 0.1) is 26.2 Å². The highest BCUT2D eigenvalue weighted by Gasteiger charge is 2.35. The molecule has 0 aliphatic carbocycles. The first-order valence-corrected chi connectivity index (χ1v) is 12.8. The lowest BCUT2D eigenvalue weighted by molar-refractivity contribution is -0.113. The van der Waals surface area contributed by atoms with Crippen LogP contribution < -0.4 is 9.64 Å². The van der Waals surface area contributed by atoms with Crippen LogP contribution in [0.1, 0.15) is 16.7 Å². The molecule has 0 spiro atoms. The zero-order chi connectivity index (χ0) is 25.1. The molecule has 176 valence electrons. The summed E-state index contributed by atoms with van der Waals surface area (Å²) in [6.07, 6.45) is 7.09. The summed E-state index contributed by atoms with van der Waals surface area (Å²) in [5.74, 6) is 2.87. The number of benzene rings is 3. The van der Waals surface area contributed by atoms with Crippen LogP contribution in [0.25, 0.3) is 6.08 Å². The van der Waals surface area contributed by atoms with Gasteiger partial charge in [0.15, 0.2) is 5.17 Å². The summed E-state index contributed by atoms with van der Waals surface area (Å²) < 4.78 is 6.24. The molecule has 3 aromatic carbocycles. The van der Waals surface area contributed by atoms with Crippen molar-refractivity contribution >= 4 is 79.4 Å². The molecule has 3 aromatic rings. The van der Waals surface area contributed by atoms with Crippen LogP contribution >= 0.6 is 50.9 Å². The Morgan fingerprint density at radius 2 is 1.80 bits per heavy atom. The van der Waals surface area contributed by atoms with E-state index < -0.39 is 0 Å². The van der Waals surface area contributed by atoms with Gasteiger partial charge in [-0.15, -0.1) is 6.42 Å². The van der Waals surface area contributed by atoms with E-state index in [0.717, 1.165) is 21.2 Å². The minimum absolute atomic E-state index is 0.171. The summed E-state index contributed by atoms with van der Waals surface area (Å²) >= 11 is 17.5. The van der Waals surface area contributed by atoms with Gasteiger partial charge in [0.2, 0.25) is 0 Å². The first-order valence-electron chi connectivity index (χ1n) is 10.5. The molecule has 0 aromatic heterocycles. The summed E-state index contributed by atoms with van der Waals surface area (Å²) in [5.41, 5.74) is 3.98. The van der Waals surface area contributed by atoms with Crippen molar-refractivity contribution in [2.75, 3.05) is 11.5 Å². The Hall–Kier alpha value is -2.69. The lowest BCUT2D eigenvalue weighted by Crippen LogP contribution is -2.28. The van der Waals surface area contributed by atoms with Gasteiger partial charge >= 0.3 is 0 Å². The van der Waals surface area contributed by atoms with Crippen molar-refractivity contribution < 1.29 is 9.53 Å². The van der Waals surface area contributed by atoms with Gasteiger partial charge in [-0.25, -0.2) is 4.99 Å². The molecule has 1 amide bonds. The van der Waals surface area contributed by atoms with Crippen molar-refractivity contribution in [1.29, 1.82) is 0 Å². The molecular weight excluding hydrogens is 567 g/mol. The SMILES string of the molecule is C#CCOc1ccc(/C=C2/SC(=Nc3ccc(C)c(Cl)c3)N(c3ccc(C)c(Cl)c3)C2=O)cc1Br. The van der Waals surface area contributed by atoms with Gasteiger partial charge in [-0.1, -0.05) is 47.3 Å². The second-order valence-electron chi connectivity index (χ2n) is 7.70. The number of thioether (sulfide) groups is 1. The third-order valence-electron chi connectivity index (χ3n) is 5.16. The van der Waals surface area contributed by atoms with Crippen LogP contribution in [0.4, 0.5) is 11.4 Å². The molecule has 35 heavy (non-hydrogen) atoms. The maximum absolute atomic E-state index is 13.5. The predicted molar refractivity (Wildman–Crippen MR) is 151 cm³/mol. The quantitative estimate of drug-likeness (QED) is 0.224. The molecule has 0 saturated carbocycles. The predicted octanol–water partition coefficient (Wildman–Crippen LogP) is 8.19. The van der Waals surface area contributed by atoms with E-state index in [-0.39, 0.29) is 12.5 Å². The number of aliphatic imine (C=N–C) groups is 1. The van der Waals surface area contributed by atoms with Gasteiger partial charge in [0.05, 0.1) is 20.8 Å². The average Bonchev–Trinajstić information content (AvgIpc) is 3.12. The minimum Gasteiger partial charge on any atom is -0.480 e. The van der Waals surface area contributed by atoms with E-state index in [1.54, 1.807) is 23.1 Å². The van der Waals surface area contributed by atoms with Crippen molar-refractivity contribution in [1.82, 2.24) is 0 Å². The summed E-state index contributed by atoms with van der Waals surface area (Å²) in [6.45, 7) is 4.01. The van der Waals surface area contributed by atoms with Gasteiger partial charge < -0.3 is 4.74 Å². The normalized spacial score (nSPS) is 15.7. The van der Waals surface area contributed by atoms with E-state index in [4.69, 9.17) is 39.4 Å². The van der Waals surface area contributed by atoms with Gasteiger partial charge in [-0.3, -0.25) is 9.69 Å². The molecule has 4 rings (SSSR count). The second kappa shape index (κ2) is 10.9. The molecule has 0 unspecified atom stereocenters. The number of anilines is 1. The summed E-state index contributed by atoms with van der Waals surface area (Å²) in [5, 5.41) is 1.69. The number of amides is 1. The highest BCUT2D eigenvalue weighted by atomic mass is 79.9. The Balaban J connectivity index is 1.75. The van der Waals surface area contributed by atoms with Crippen molar-refractivity contribution in [3.63, 3.8) is 0 Å². The Labute approximate surface area is 227 Å².